The first kappa shape index (κ1) is 16.5. The van der Waals surface area contributed by atoms with Crippen molar-refractivity contribution >= 4 is 17.6 Å². The van der Waals surface area contributed by atoms with E-state index >= 15 is 0 Å². The zero-order valence-corrected chi connectivity index (χ0v) is 13.6. The Bertz CT molecular complexity index is 642. The molecule has 3 nitrogen and oxygen atoms in total. The Balaban J connectivity index is 1.78. The molecular weight excluding hydrogens is 298 g/mol. The molecule has 2 aromatic rings. The maximum absolute atomic E-state index is 11.8. The van der Waals surface area contributed by atoms with E-state index in [9.17, 15) is 4.79 Å². The van der Waals surface area contributed by atoms with E-state index in [1.165, 1.54) is 0 Å². The van der Waals surface area contributed by atoms with Gasteiger partial charge in [0.2, 0.25) is 0 Å². The SMILES string of the molecule is Cc1cncc(CCC(=O)OCC(C)c2cccc(Cl)c2)c1. The van der Waals surface area contributed by atoms with Gasteiger partial charge in [-0.25, -0.2) is 0 Å². The Morgan fingerprint density at radius 2 is 2.14 bits per heavy atom. The summed E-state index contributed by atoms with van der Waals surface area (Å²) in [6.07, 6.45) is 4.61. The number of aryl methyl sites for hydroxylation is 2. The molecule has 0 aliphatic heterocycles. The Labute approximate surface area is 136 Å². The molecule has 1 aromatic heterocycles. The predicted octanol–water partition coefficient (Wildman–Crippen LogP) is 4.32. The lowest BCUT2D eigenvalue weighted by atomic mass is 10.0. The minimum Gasteiger partial charge on any atom is -0.465 e. The van der Waals surface area contributed by atoms with Crippen molar-refractivity contribution in [2.45, 2.75) is 32.6 Å². The van der Waals surface area contributed by atoms with Crippen molar-refractivity contribution in [2.75, 3.05) is 6.61 Å². The molecule has 22 heavy (non-hydrogen) atoms. The molecular formula is C18H20ClNO2. The molecule has 0 N–H and O–H groups in total. The number of ether oxygens (including phenoxy) is 1. The summed E-state index contributed by atoms with van der Waals surface area (Å²) in [6.45, 7) is 4.37. The Kier molecular flexibility index (Phi) is 5.96. The maximum Gasteiger partial charge on any atom is 0.306 e. The molecule has 0 aliphatic carbocycles. The van der Waals surface area contributed by atoms with E-state index in [1.54, 1.807) is 12.4 Å². The highest BCUT2D eigenvalue weighted by Gasteiger charge is 2.10. The number of esters is 1. The van der Waals surface area contributed by atoms with E-state index in [0.717, 1.165) is 16.7 Å². The summed E-state index contributed by atoms with van der Waals surface area (Å²) in [7, 11) is 0. The van der Waals surface area contributed by atoms with Crippen molar-refractivity contribution in [3.8, 4) is 0 Å². The lowest BCUT2D eigenvalue weighted by Crippen LogP contribution is -2.11. The number of rotatable bonds is 6. The normalized spacial score (nSPS) is 12.0. The summed E-state index contributed by atoms with van der Waals surface area (Å²) in [5.74, 6) is -0.0568. The fourth-order valence-electron chi connectivity index (χ4n) is 2.20. The molecule has 1 aromatic carbocycles. The Hall–Kier alpha value is -1.87. The quantitative estimate of drug-likeness (QED) is 0.745. The van der Waals surface area contributed by atoms with Crippen molar-refractivity contribution in [1.82, 2.24) is 4.98 Å². The zero-order chi connectivity index (χ0) is 15.9. The molecule has 0 fully saturated rings. The number of pyridine rings is 1. The van der Waals surface area contributed by atoms with Crippen LogP contribution in [0.25, 0.3) is 0 Å². The summed E-state index contributed by atoms with van der Waals surface area (Å²) < 4.78 is 5.35. The number of nitrogens with zero attached hydrogens (tertiary/aromatic N) is 1. The first-order chi connectivity index (χ1) is 10.5. The van der Waals surface area contributed by atoms with Gasteiger partial charge in [0, 0.05) is 29.8 Å². The molecule has 1 unspecified atom stereocenters. The molecule has 0 radical (unpaired) electrons. The number of carbonyl (C=O) groups excluding carboxylic acids is 1. The van der Waals surface area contributed by atoms with Crippen LogP contribution in [-0.4, -0.2) is 17.6 Å². The smallest absolute Gasteiger partial charge is 0.306 e. The summed E-state index contributed by atoms with van der Waals surface area (Å²) in [5, 5.41) is 0.697. The molecule has 0 amide bonds. The largest absolute Gasteiger partial charge is 0.465 e. The van der Waals surface area contributed by atoms with Crippen molar-refractivity contribution < 1.29 is 9.53 Å². The highest BCUT2D eigenvalue weighted by atomic mass is 35.5. The van der Waals surface area contributed by atoms with Crippen LogP contribution in [0.3, 0.4) is 0 Å². The molecule has 0 spiro atoms. The molecule has 0 bridgehead atoms. The molecule has 0 saturated carbocycles. The highest BCUT2D eigenvalue weighted by molar-refractivity contribution is 6.30. The summed E-state index contributed by atoms with van der Waals surface area (Å²) in [5.41, 5.74) is 3.23. The van der Waals surface area contributed by atoms with Crippen LogP contribution in [0.2, 0.25) is 5.02 Å². The number of benzene rings is 1. The van der Waals surface area contributed by atoms with Gasteiger partial charge >= 0.3 is 5.97 Å². The van der Waals surface area contributed by atoms with Crippen LogP contribution in [0, 0.1) is 6.92 Å². The van der Waals surface area contributed by atoms with Gasteiger partial charge in [0.25, 0.3) is 0 Å². The first-order valence-corrected chi connectivity index (χ1v) is 7.74. The van der Waals surface area contributed by atoms with E-state index in [1.807, 2.05) is 44.2 Å². The van der Waals surface area contributed by atoms with E-state index in [2.05, 4.69) is 4.98 Å². The second-order valence-corrected chi connectivity index (χ2v) is 5.95. The van der Waals surface area contributed by atoms with Gasteiger partial charge in [0.1, 0.15) is 0 Å². The molecule has 116 valence electrons. The number of hydrogen-bond acceptors (Lipinski definition) is 3. The lowest BCUT2D eigenvalue weighted by molar-refractivity contribution is -0.144. The molecule has 1 atom stereocenters. The maximum atomic E-state index is 11.8. The third kappa shape index (κ3) is 5.15. The van der Waals surface area contributed by atoms with Gasteiger partial charge in [-0.05, 0) is 42.2 Å². The van der Waals surface area contributed by atoms with Crippen LogP contribution in [0.4, 0.5) is 0 Å². The van der Waals surface area contributed by atoms with Gasteiger partial charge in [-0.1, -0.05) is 36.7 Å². The minimum absolute atomic E-state index is 0.128. The number of carbonyl (C=O) groups is 1. The van der Waals surface area contributed by atoms with Crippen molar-refractivity contribution in [3.63, 3.8) is 0 Å². The Morgan fingerprint density at radius 3 is 2.86 bits per heavy atom. The van der Waals surface area contributed by atoms with Gasteiger partial charge in [0.15, 0.2) is 0 Å². The van der Waals surface area contributed by atoms with Gasteiger partial charge in [-0.2, -0.15) is 0 Å². The van der Waals surface area contributed by atoms with Crippen LogP contribution in [0.15, 0.2) is 42.7 Å². The van der Waals surface area contributed by atoms with E-state index < -0.39 is 0 Å². The molecule has 0 saturated heterocycles. The van der Waals surface area contributed by atoms with Gasteiger partial charge in [-0.15, -0.1) is 0 Å². The standard InChI is InChI=1S/C18H20ClNO2/c1-13-8-15(11-20-10-13)6-7-18(21)22-12-14(2)16-4-3-5-17(19)9-16/h3-5,8-11,14H,6-7,12H2,1-2H3. The van der Waals surface area contributed by atoms with E-state index in [4.69, 9.17) is 16.3 Å². The van der Waals surface area contributed by atoms with Crippen molar-refractivity contribution in [1.29, 1.82) is 0 Å². The summed E-state index contributed by atoms with van der Waals surface area (Å²) >= 11 is 5.97. The molecule has 2 rings (SSSR count). The van der Waals surface area contributed by atoms with Crippen molar-refractivity contribution in [2.24, 2.45) is 0 Å². The predicted molar refractivity (Wildman–Crippen MR) is 88.1 cm³/mol. The molecule has 4 heteroatoms. The minimum atomic E-state index is -0.185. The second-order valence-electron chi connectivity index (χ2n) is 5.51. The fourth-order valence-corrected chi connectivity index (χ4v) is 2.40. The number of halogens is 1. The van der Waals surface area contributed by atoms with Crippen LogP contribution < -0.4 is 0 Å². The average Bonchev–Trinajstić information content (AvgIpc) is 2.50. The van der Waals surface area contributed by atoms with Gasteiger partial charge < -0.3 is 4.74 Å². The lowest BCUT2D eigenvalue weighted by Gasteiger charge is -2.13. The third-order valence-corrected chi connectivity index (χ3v) is 3.70. The summed E-state index contributed by atoms with van der Waals surface area (Å²) in [4.78, 5) is 16.0. The highest BCUT2D eigenvalue weighted by Crippen LogP contribution is 2.19. The third-order valence-electron chi connectivity index (χ3n) is 3.46. The summed E-state index contributed by atoms with van der Waals surface area (Å²) in [6, 6.07) is 9.66. The van der Waals surface area contributed by atoms with Crippen LogP contribution in [0.5, 0.6) is 0 Å². The fraction of sp³-hybridized carbons (Fsp3) is 0.333. The van der Waals surface area contributed by atoms with Crippen LogP contribution in [-0.2, 0) is 16.0 Å². The first-order valence-electron chi connectivity index (χ1n) is 7.36. The molecule has 1 heterocycles. The average molecular weight is 318 g/mol. The van der Waals surface area contributed by atoms with Crippen molar-refractivity contribution in [3.05, 3.63) is 64.4 Å². The van der Waals surface area contributed by atoms with E-state index in [0.29, 0.717) is 24.5 Å². The topological polar surface area (TPSA) is 39.2 Å². The van der Waals surface area contributed by atoms with Crippen LogP contribution in [0.1, 0.15) is 36.0 Å². The number of hydrogen-bond donors (Lipinski definition) is 0. The zero-order valence-electron chi connectivity index (χ0n) is 12.9. The van der Waals surface area contributed by atoms with Gasteiger partial charge in [-0.3, -0.25) is 9.78 Å². The van der Waals surface area contributed by atoms with Gasteiger partial charge in [0.05, 0.1) is 6.61 Å². The number of aromatic nitrogens is 1. The Morgan fingerprint density at radius 1 is 1.32 bits per heavy atom. The van der Waals surface area contributed by atoms with E-state index in [-0.39, 0.29) is 11.9 Å². The van der Waals surface area contributed by atoms with Crippen LogP contribution >= 0.6 is 11.6 Å². The molecule has 0 aliphatic rings. The second kappa shape index (κ2) is 7.95. The monoisotopic (exact) mass is 317 g/mol.